The summed E-state index contributed by atoms with van der Waals surface area (Å²) in [5.74, 6) is -0.541. The molecule has 1 heterocycles. The predicted molar refractivity (Wildman–Crippen MR) is 109 cm³/mol. The number of hydrogen-bond donors (Lipinski definition) is 0. The fourth-order valence-corrected chi connectivity index (χ4v) is 2.53. The Morgan fingerprint density at radius 2 is 1.81 bits per heavy atom. The number of aryl methyl sites for hydroxylation is 1. The van der Waals surface area contributed by atoms with Crippen LogP contribution in [0, 0.1) is 0 Å². The Balaban J connectivity index is 0.00000312. The molecule has 8 heteroatoms. The van der Waals surface area contributed by atoms with Crippen LogP contribution < -0.4 is 0 Å². The number of amides is 1. The normalized spacial score (nSPS) is 10.2. The maximum atomic E-state index is 12.8. The van der Waals surface area contributed by atoms with Crippen LogP contribution in [0.5, 0.6) is 0 Å². The molecule has 1 amide bonds. The highest BCUT2D eigenvalue weighted by Crippen LogP contribution is 2.18. The van der Waals surface area contributed by atoms with Gasteiger partial charge in [0.2, 0.25) is 0 Å². The molecule has 0 saturated carbocycles. The molecular formula is C18H27Cl2N3O3. The van der Waals surface area contributed by atoms with Gasteiger partial charge < -0.3 is 19.1 Å². The number of benzene rings is 1. The zero-order chi connectivity index (χ0) is 17.7. The van der Waals surface area contributed by atoms with Crippen LogP contribution in [0.1, 0.15) is 17.3 Å². The van der Waals surface area contributed by atoms with Crippen molar-refractivity contribution in [2.45, 2.75) is 6.92 Å². The Morgan fingerprint density at radius 3 is 2.42 bits per heavy atom. The van der Waals surface area contributed by atoms with Crippen LogP contribution in [-0.2, 0) is 16.6 Å². The Labute approximate surface area is 166 Å². The predicted octanol–water partition coefficient (Wildman–Crippen LogP) is 2.59. The maximum Gasteiger partial charge on any atom is 0.325 e. The summed E-state index contributed by atoms with van der Waals surface area (Å²) in [4.78, 5) is 28.2. The molecule has 2 aromatic rings. The fourth-order valence-electron chi connectivity index (χ4n) is 2.53. The highest BCUT2D eigenvalue weighted by Gasteiger charge is 2.20. The summed E-state index contributed by atoms with van der Waals surface area (Å²) >= 11 is 0. The Bertz CT molecular complexity index is 732. The van der Waals surface area contributed by atoms with E-state index in [9.17, 15) is 9.59 Å². The minimum Gasteiger partial charge on any atom is -0.465 e. The van der Waals surface area contributed by atoms with Crippen LogP contribution in [0.4, 0.5) is 0 Å². The van der Waals surface area contributed by atoms with Gasteiger partial charge in [-0.15, -0.1) is 24.8 Å². The van der Waals surface area contributed by atoms with E-state index in [4.69, 9.17) is 4.74 Å². The average Bonchev–Trinajstić information content (AvgIpc) is 2.91. The van der Waals surface area contributed by atoms with Gasteiger partial charge in [-0.1, -0.05) is 0 Å². The topological polar surface area (TPSA) is 54.8 Å². The molecule has 26 heavy (non-hydrogen) atoms. The van der Waals surface area contributed by atoms with Crippen molar-refractivity contribution >= 4 is 47.6 Å². The molecule has 1 aromatic carbocycles. The number of halogens is 2. The lowest BCUT2D eigenvalue weighted by Crippen LogP contribution is -2.40. The molecule has 1 aromatic heterocycles. The van der Waals surface area contributed by atoms with Gasteiger partial charge in [-0.25, -0.2) is 0 Å². The zero-order valence-electron chi connectivity index (χ0n) is 15.6. The summed E-state index contributed by atoms with van der Waals surface area (Å²) in [6, 6.07) is 7.57. The molecule has 0 atom stereocenters. The van der Waals surface area contributed by atoms with Crippen molar-refractivity contribution in [3.63, 3.8) is 0 Å². The smallest absolute Gasteiger partial charge is 0.325 e. The van der Waals surface area contributed by atoms with Crippen LogP contribution in [-0.4, -0.2) is 66.6 Å². The van der Waals surface area contributed by atoms with Crippen molar-refractivity contribution < 1.29 is 14.3 Å². The van der Waals surface area contributed by atoms with E-state index in [0.29, 0.717) is 25.3 Å². The molecule has 0 aliphatic carbocycles. The number of nitrogens with zero attached hydrogens (tertiary/aromatic N) is 3. The molecule has 0 spiro atoms. The standard InChI is InChI=1S/C18H25N3O3.2ClH/c1-5-24-17(22)13-21(11-10-19(2)3)18(23)15-6-7-16-14(12-15)8-9-20(16)4;;/h6-9,12H,5,10-11,13H2,1-4H3;2*1H. The largest absolute Gasteiger partial charge is 0.465 e. The third-order valence-corrected chi connectivity index (χ3v) is 3.86. The van der Waals surface area contributed by atoms with Gasteiger partial charge in [0.25, 0.3) is 5.91 Å². The Hall–Kier alpha value is -1.76. The number of ether oxygens (including phenoxy) is 1. The monoisotopic (exact) mass is 403 g/mol. The maximum absolute atomic E-state index is 12.8. The number of likely N-dealkylation sites (N-methyl/N-ethyl adjacent to an activating group) is 1. The highest BCUT2D eigenvalue weighted by molar-refractivity contribution is 5.99. The molecule has 0 radical (unpaired) electrons. The molecule has 0 N–H and O–H groups in total. The molecule has 0 aliphatic heterocycles. The quantitative estimate of drug-likeness (QED) is 0.666. The van der Waals surface area contributed by atoms with Crippen molar-refractivity contribution in [2.24, 2.45) is 7.05 Å². The van der Waals surface area contributed by atoms with E-state index in [1.165, 1.54) is 0 Å². The van der Waals surface area contributed by atoms with Gasteiger partial charge in [0.05, 0.1) is 6.61 Å². The van der Waals surface area contributed by atoms with Gasteiger partial charge in [0, 0.05) is 42.8 Å². The zero-order valence-corrected chi connectivity index (χ0v) is 17.2. The van der Waals surface area contributed by atoms with Crippen LogP contribution in [0.15, 0.2) is 30.5 Å². The summed E-state index contributed by atoms with van der Waals surface area (Å²) in [6.45, 7) is 3.18. The molecular weight excluding hydrogens is 377 g/mol. The van der Waals surface area contributed by atoms with Crippen LogP contribution >= 0.6 is 24.8 Å². The van der Waals surface area contributed by atoms with Gasteiger partial charge in [-0.3, -0.25) is 9.59 Å². The van der Waals surface area contributed by atoms with E-state index in [-0.39, 0.29) is 43.2 Å². The van der Waals surface area contributed by atoms with Crippen molar-refractivity contribution in [2.75, 3.05) is 40.3 Å². The van der Waals surface area contributed by atoms with Gasteiger partial charge in [0.1, 0.15) is 6.54 Å². The first kappa shape index (κ1) is 24.2. The summed E-state index contributed by atoms with van der Waals surface area (Å²) in [7, 11) is 5.83. The summed E-state index contributed by atoms with van der Waals surface area (Å²) in [6.07, 6.45) is 1.96. The van der Waals surface area contributed by atoms with Crippen LogP contribution in [0.2, 0.25) is 0 Å². The van der Waals surface area contributed by atoms with Gasteiger partial charge >= 0.3 is 5.97 Å². The second-order valence-corrected chi connectivity index (χ2v) is 6.04. The molecule has 0 bridgehead atoms. The van der Waals surface area contributed by atoms with E-state index in [2.05, 4.69) is 0 Å². The SMILES string of the molecule is CCOC(=O)CN(CCN(C)C)C(=O)c1ccc2c(ccn2C)c1.Cl.Cl. The molecule has 146 valence electrons. The van der Waals surface area contributed by atoms with Gasteiger partial charge in [0.15, 0.2) is 0 Å². The Morgan fingerprint density at radius 1 is 1.12 bits per heavy atom. The first-order chi connectivity index (χ1) is 11.4. The number of aromatic nitrogens is 1. The van der Waals surface area contributed by atoms with E-state index in [1.807, 2.05) is 55.0 Å². The number of carbonyl (C=O) groups is 2. The second kappa shape index (κ2) is 11.1. The first-order valence-electron chi connectivity index (χ1n) is 8.07. The van der Waals surface area contributed by atoms with E-state index in [0.717, 1.165) is 10.9 Å². The van der Waals surface area contributed by atoms with Crippen molar-refractivity contribution in [3.8, 4) is 0 Å². The van der Waals surface area contributed by atoms with Gasteiger partial charge in [-0.2, -0.15) is 0 Å². The lowest BCUT2D eigenvalue weighted by molar-refractivity contribution is -0.143. The number of rotatable bonds is 7. The van der Waals surface area contributed by atoms with Crippen LogP contribution in [0.3, 0.4) is 0 Å². The number of carbonyl (C=O) groups excluding carboxylic acids is 2. The minimum absolute atomic E-state index is 0. The van der Waals surface area contributed by atoms with Crippen molar-refractivity contribution in [1.29, 1.82) is 0 Å². The molecule has 0 aliphatic rings. The molecule has 6 nitrogen and oxygen atoms in total. The molecule has 0 unspecified atom stereocenters. The Kier molecular flexibility index (Phi) is 10.3. The number of fused-ring (bicyclic) bond motifs is 1. The third-order valence-electron chi connectivity index (χ3n) is 3.86. The van der Waals surface area contributed by atoms with Crippen molar-refractivity contribution in [1.82, 2.24) is 14.4 Å². The molecule has 0 saturated heterocycles. The van der Waals surface area contributed by atoms with Crippen molar-refractivity contribution in [3.05, 3.63) is 36.0 Å². The highest BCUT2D eigenvalue weighted by atomic mass is 35.5. The molecule has 0 fully saturated rings. The van der Waals surface area contributed by atoms with E-state index < -0.39 is 0 Å². The first-order valence-corrected chi connectivity index (χ1v) is 8.07. The summed E-state index contributed by atoms with van der Waals surface area (Å²) in [5.41, 5.74) is 1.65. The van der Waals surface area contributed by atoms with Gasteiger partial charge in [-0.05, 0) is 45.3 Å². The fraction of sp³-hybridized carbons (Fsp3) is 0.444. The third kappa shape index (κ3) is 6.20. The average molecular weight is 404 g/mol. The number of hydrogen-bond acceptors (Lipinski definition) is 4. The summed E-state index contributed by atoms with van der Waals surface area (Å²) < 4.78 is 6.99. The lowest BCUT2D eigenvalue weighted by Gasteiger charge is -2.23. The van der Waals surface area contributed by atoms with E-state index in [1.54, 1.807) is 17.9 Å². The summed E-state index contributed by atoms with van der Waals surface area (Å²) in [5, 5.41) is 1.01. The lowest BCUT2D eigenvalue weighted by atomic mass is 10.1. The van der Waals surface area contributed by atoms with Crippen LogP contribution in [0.25, 0.3) is 10.9 Å². The molecule has 2 rings (SSSR count). The minimum atomic E-state index is -0.384. The second-order valence-electron chi connectivity index (χ2n) is 6.04. The number of esters is 1. The van der Waals surface area contributed by atoms with E-state index >= 15 is 0 Å².